The van der Waals surface area contributed by atoms with Crippen LogP contribution in [-0.4, -0.2) is 15.5 Å². The molecule has 0 unspecified atom stereocenters. The average Bonchev–Trinajstić information content (AvgIpc) is 3.07. The smallest absolute Gasteiger partial charge is 0.224 e. The summed E-state index contributed by atoms with van der Waals surface area (Å²) in [7, 11) is 0. The molecule has 0 atom stereocenters. The van der Waals surface area contributed by atoms with Crippen LogP contribution in [0.3, 0.4) is 0 Å². The number of carbonyl (C=O) groups is 1. The summed E-state index contributed by atoms with van der Waals surface area (Å²) >= 11 is 0. The molecule has 1 aliphatic carbocycles. The number of halogens is 1. The summed E-state index contributed by atoms with van der Waals surface area (Å²) < 4.78 is 15.2. The third kappa shape index (κ3) is 3.92. The quantitative estimate of drug-likeness (QED) is 0.750. The van der Waals surface area contributed by atoms with Crippen LogP contribution in [0.25, 0.3) is 5.69 Å². The molecule has 4 rings (SSSR count). The summed E-state index contributed by atoms with van der Waals surface area (Å²) in [4.78, 5) is 17.1. The van der Waals surface area contributed by atoms with Crippen molar-refractivity contribution in [2.24, 2.45) is 0 Å². The number of nitrogens with zero attached hydrogens (tertiary/aromatic N) is 2. The summed E-state index contributed by atoms with van der Waals surface area (Å²) in [5.41, 5.74) is 4.28. The fourth-order valence-corrected chi connectivity index (χ4v) is 3.62. The van der Waals surface area contributed by atoms with Gasteiger partial charge in [0.2, 0.25) is 5.91 Å². The number of hydrogen-bond donors (Lipinski definition) is 1. The lowest BCUT2D eigenvalue weighted by Crippen LogP contribution is -2.26. The van der Waals surface area contributed by atoms with E-state index in [0.29, 0.717) is 6.54 Å². The Bertz CT molecular complexity index is 932. The minimum atomic E-state index is -0.297. The number of imidazole rings is 1. The fourth-order valence-electron chi connectivity index (χ4n) is 3.62. The zero-order valence-electron chi connectivity index (χ0n) is 15.1. The molecule has 2 aromatic carbocycles. The van der Waals surface area contributed by atoms with Crippen LogP contribution in [0.1, 0.15) is 35.6 Å². The van der Waals surface area contributed by atoms with Crippen molar-refractivity contribution in [1.29, 1.82) is 0 Å². The molecule has 0 radical (unpaired) electrons. The van der Waals surface area contributed by atoms with Gasteiger partial charge in [0.25, 0.3) is 0 Å². The number of carbonyl (C=O) groups excluding carboxylic acids is 1. The van der Waals surface area contributed by atoms with Crippen LogP contribution in [0.4, 0.5) is 4.39 Å². The third-order valence-corrected chi connectivity index (χ3v) is 4.94. The van der Waals surface area contributed by atoms with Crippen LogP contribution < -0.4 is 5.32 Å². The second kappa shape index (κ2) is 7.74. The Labute approximate surface area is 158 Å². The number of fused-ring (bicyclic) bond motifs is 1. The van der Waals surface area contributed by atoms with Gasteiger partial charge in [-0.25, -0.2) is 9.37 Å². The predicted octanol–water partition coefficient (Wildman–Crippen LogP) is 3.75. The van der Waals surface area contributed by atoms with Crippen LogP contribution in [0, 0.1) is 5.82 Å². The van der Waals surface area contributed by atoms with Crippen molar-refractivity contribution in [1.82, 2.24) is 14.9 Å². The van der Waals surface area contributed by atoms with E-state index in [4.69, 9.17) is 4.98 Å². The van der Waals surface area contributed by atoms with Crippen molar-refractivity contribution in [2.45, 2.75) is 38.6 Å². The van der Waals surface area contributed by atoms with Gasteiger partial charge in [0.05, 0.1) is 18.7 Å². The van der Waals surface area contributed by atoms with Gasteiger partial charge in [-0.3, -0.25) is 9.36 Å². The second-order valence-corrected chi connectivity index (χ2v) is 6.88. The largest absolute Gasteiger partial charge is 0.349 e. The Morgan fingerprint density at radius 2 is 1.78 bits per heavy atom. The Hall–Kier alpha value is -2.95. The van der Waals surface area contributed by atoms with E-state index >= 15 is 0 Å². The molecule has 0 spiro atoms. The van der Waals surface area contributed by atoms with Gasteiger partial charge in [-0.2, -0.15) is 0 Å². The number of aryl methyl sites for hydroxylation is 1. The summed E-state index contributed by atoms with van der Waals surface area (Å²) in [6.07, 6.45) is 4.57. The molecule has 0 bridgehead atoms. The summed E-state index contributed by atoms with van der Waals surface area (Å²) in [5.74, 6) is 0.470. The molecule has 27 heavy (non-hydrogen) atoms. The highest BCUT2D eigenvalue weighted by atomic mass is 19.1. The number of para-hydroxylation sites is 1. The first-order chi connectivity index (χ1) is 13.2. The lowest BCUT2D eigenvalue weighted by atomic mass is 10.0. The molecule has 0 saturated heterocycles. The van der Waals surface area contributed by atoms with Gasteiger partial charge < -0.3 is 5.32 Å². The molecule has 3 aromatic rings. The molecule has 1 aliphatic rings. The third-order valence-electron chi connectivity index (χ3n) is 4.94. The minimum Gasteiger partial charge on any atom is -0.349 e. The molecular weight excluding hydrogens is 341 g/mol. The lowest BCUT2D eigenvalue weighted by molar-refractivity contribution is -0.120. The zero-order valence-corrected chi connectivity index (χ0v) is 15.1. The molecule has 1 aromatic heterocycles. The highest BCUT2D eigenvalue weighted by Gasteiger charge is 2.21. The van der Waals surface area contributed by atoms with E-state index in [2.05, 4.69) is 22.0 Å². The van der Waals surface area contributed by atoms with Crippen molar-refractivity contribution in [2.75, 3.05) is 0 Å². The van der Waals surface area contributed by atoms with E-state index in [1.807, 2.05) is 18.2 Å². The monoisotopic (exact) mass is 363 g/mol. The zero-order chi connectivity index (χ0) is 18.6. The summed E-state index contributed by atoms with van der Waals surface area (Å²) in [5, 5.41) is 2.97. The number of rotatable bonds is 5. The number of aromatic nitrogens is 2. The van der Waals surface area contributed by atoms with E-state index in [9.17, 15) is 9.18 Å². The van der Waals surface area contributed by atoms with E-state index < -0.39 is 0 Å². The van der Waals surface area contributed by atoms with Crippen molar-refractivity contribution in [3.05, 3.63) is 83.2 Å². The Kier molecular flexibility index (Phi) is 5.01. The summed E-state index contributed by atoms with van der Waals surface area (Å²) in [6, 6.07) is 16.2. The number of nitrogens with one attached hydrogen (secondary N) is 1. The van der Waals surface area contributed by atoms with E-state index in [0.717, 1.165) is 42.0 Å². The second-order valence-electron chi connectivity index (χ2n) is 6.88. The highest BCUT2D eigenvalue weighted by Crippen LogP contribution is 2.25. The van der Waals surface area contributed by atoms with E-state index in [1.54, 1.807) is 12.1 Å². The maximum atomic E-state index is 13.0. The molecule has 0 fully saturated rings. The maximum absolute atomic E-state index is 13.0. The fraction of sp³-hybridized carbons (Fsp3) is 0.273. The van der Waals surface area contributed by atoms with Gasteiger partial charge in [-0.15, -0.1) is 0 Å². The Morgan fingerprint density at radius 3 is 2.56 bits per heavy atom. The van der Waals surface area contributed by atoms with Gasteiger partial charge in [0.1, 0.15) is 11.6 Å². The van der Waals surface area contributed by atoms with Crippen molar-refractivity contribution in [3.8, 4) is 5.69 Å². The molecule has 0 saturated carbocycles. The van der Waals surface area contributed by atoms with Crippen molar-refractivity contribution < 1.29 is 9.18 Å². The predicted molar refractivity (Wildman–Crippen MR) is 102 cm³/mol. The SMILES string of the molecule is O=C(Cc1ccc(F)cc1)NCc1nc2c(n1-c1ccccc1)CCCC2. The molecular formula is C22H22FN3O. The number of benzene rings is 2. The summed E-state index contributed by atoms with van der Waals surface area (Å²) in [6.45, 7) is 0.377. The first-order valence-electron chi connectivity index (χ1n) is 9.36. The average molecular weight is 363 g/mol. The molecule has 4 nitrogen and oxygen atoms in total. The van der Waals surface area contributed by atoms with Gasteiger partial charge in [0, 0.05) is 11.4 Å². The first-order valence-corrected chi connectivity index (χ1v) is 9.36. The van der Waals surface area contributed by atoms with Gasteiger partial charge in [-0.1, -0.05) is 30.3 Å². The maximum Gasteiger partial charge on any atom is 0.224 e. The molecule has 138 valence electrons. The minimum absolute atomic E-state index is 0.0952. The van der Waals surface area contributed by atoms with Gasteiger partial charge in [-0.05, 0) is 55.5 Å². The van der Waals surface area contributed by atoms with Gasteiger partial charge >= 0.3 is 0 Å². The Morgan fingerprint density at radius 1 is 1.04 bits per heavy atom. The van der Waals surface area contributed by atoms with E-state index in [-0.39, 0.29) is 18.1 Å². The molecule has 1 N–H and O–H groups in total. The van der Waals surface area contributed by atoms with Crippen LogP contribution >= 0.6 is 0 Å². The normalized spacial score (nSPS) is 13.2. The highest BCUT2D eigenvalue weighted by molar-refractivity contribution is 5.78. The first kappa shape index (κ1) is 17.5. The van der Waals surface area contributed by atoms with Crippen LogP contribution in [0.5, 0.6) is 0 Å². The van der Waals surface area contributed by atoms with Gasteiger partial charge in [0.15, 0.2) is 0 Å². The van der Waals surface area contributed by atoms with Crippen molar-refractivity contribution >= 4 is 5.91 Å². The number of amides is 1. The van der Waals surface area contributed by atoms with Crippen molar-refractivity contribution in [3.63, 3.8) is 0 Å². The number of hydrogen-bond acceptors (Lipinski definition) is 2. The van der Waals surface area contributed by atoms with Crippen LogP contribution in [0.15, 0.2) is 54.6 Å². The van der Waals surface area contributed by atoms with Crippen LogP contribution in [-0.2, 0) is 30.6 Å². The Balaban J connectivity index is 1.52. The van der Waals surface area contributed by atoms with E-state index in [1.165, 1.54) is 24.2 Å². The standard InChI is InChI=1S/C22H22FN3O/c23-17-12-10-16(11-13-17)14-22(27)24-15-21-25-19-8-4-5-9-20(19)26(21)18-6-2-1-3-7-18/h1-3,6-7,10-13H,4-5,8-9,14-15H2,(H,24,27). The topological polar surface area (TPSA) is 46.9 Å². The molecule has 5 heteroatoms. The lowest BCUT2D eigenvalue weighted by Gasteiger charge is -2.15. The molecule has 1 amide bonds. The molecule has 1 heterocycles. The van der Waals surface area contributed by atoms with Crippen LogP contribution in [0.2, 0.25) is 0 Å². The molecule has 0 aliphatic heterocycles.